The van der Waals surface area contributed by atoms with Crippen molar-refractivity contribution < 1.29 is 14.6 Å². The highest BCUT2D eigenvalue weighted by Crippen LogP contribution is 2.28. The number of carbonyl (C=O) groups is 1. The number of rotatable bonds is 2. The van der Waals surface area contributed by atoms with Crippen LogP contribution in [0.25, 0.3) is 0 Å². The maximum atomic E-state index is 12.6. The highest BCUT2D eigenvalue weighted by molar-refractivity contribution is 5.95. The third-order valence-electron chi connectivity index (χ3n) is 4.55. The second-order valence-electron chi connectivity index (χ2n) is 5.82. The summed E-state index contributed by atoms with van der Waals surface area (Å²) in [6.07, 6.45) is 3.71. The van der Waals surface area contributed by atoms with Gasteiger partial charge in [-0.05, 0) is 37.6 Å². The molecule has 114 valence electrons. The van der Waals surface area contributed by atoms with E-state index < -0.39 is 0 Å². The zero-order valence-electron chi connectivity index (χ0n) is 12.4. The molecule has 2 heterocycles. The quantitative estimate of drug-likeness (QED) is 0.901. The van der Waals surface area contributed by atoms with Crippen molar-refractivity contribution in [2.24, 2.45) is 0 Å². The van der Waals surface area contributed by atoms with E-state index in [0.29, 0.717) is 17.4 Å². The molecule has 0 aliphatic carbocycles. The fraction of sp³-hybridized carbons (Fsp3) is 0.562. The molecule has 1 N–H and O–H groups in total. The predicted molar refractivity (Wildman–Crippen MR) is 79.8 cm³/mol. The lowest BCUT2D eigenvalue weighted by molar-refractivity contribution is 0.0372. The number of piperazine rings is 1. The van der Waals surface area contributed by atoms with Crippen LogP contribution in [0.4, 0.5) is 0 Å². The zero-order chi connectivity index (χ0) is 14.8. The highest BCUT2D eigenvalue weighted by atomic mass is 16.5. The number of benzene rings is 1. The third-order valence-corrected chi connectivity index (χ3v) is 4.55. The van der Waals surface area contributed by atoms with Gasteiger partial charge in [-0.25, -0.2) is 0 Å². The molecule has 21 heavy (non-hydrogen) atoms. The number of ether oxygens (including phenoxy) is 1. The Kier molecular flexibility index (Phi) is 4.01. The first-order valence-corrected chi connectivity index (χ1v) is 7.59. The normalized spacial score (nSPS) is 22.7. The lowest BCUT2D eigenvalue weighted by Gasteiger charge is -2.44. The van der Waals surface area contributed by atoms with Crippen molar-refractivity contribution in [3.05, 3.63) is 23.8 Å². The van der Waals surface area contributed by atoms with Gasteiger partial charge in [-0.2, -0.15) is 0 Å². The Morgan fingerprint density at radius 2 is 2.14 bits per heavy atom. The lowest BCUT2D eigenvalue weighted by atomic mass is 9.99. The van der Waals surface area contributed by atoms with Crippen molar-refractivity contribution in [1.82, 2.24) is 9.80 Å². The first-order chi connectivity index (χ1) is 10.2. The SMILES string of the molecule is COc1ccc(C(=O)N2CCN3CCCCC3C2)cc1O. The van der Waals surface area contributed by atoms with Crippen LogP contribution in [-0.2, 0) is 0 Å². The van der Waals surface area contributed by atoms with E-state index in [1.807, 2.05) is 4.90 Å². The average molecular weight is 290 g/mol. The highest BCUT2D eigenvalue weighted by Gasteiger charge is 2.31. The molecule has 0 radical (unpaired) electrons. The minimum atomic E-state index is -0.00169. The second kappa shape index (κ2) is 5.93. The van der Waals surface area contributed by atoms with Gasteiger partial charge in [-0.3, -0.25) is 9.69 Å². The summed E-state index contributed by atoms with van der Waals surface area (Å²) in [5, 5.41) is 9.82. The number of aromatic hydroxyl groups is 1. The van der Waals surface area contributed by atoms with Gasteiger partial charge in [0.25, 0.3) is 5.91 Å². The minimum absolute atomic E-state index is 0.00169. The van der Waals surface area contributed by atoms with Crippen LogP contribution in [0.3, 0.4) is 0 Å². The van der Waals surface area contributed by atoms with Gasteiger partial charge < -0.3 is 14.7 Å². The van der Waals surface area contributed by atoms with Crippen molar-refractivity contribution >= 4 is 5.91 Å². The third kappa shape index (κ3) is 2.83. The number of phenols is 1. The summed E-state index contributed by atoms with van der Waals surface area (Å²) in [5.41, 5.74) is 0.526. The summed E-state index contributed by atoms with van der Waals surface area (Å²) in [7, 11) is 1.50. The van der Waals surface area contributed by atoms with Crippen molar-refractivity contribution in [3.8, 4) is 11.5 Å². The standard InChI is InChI=1S/C16H22N2O3/c1-21-15-6-5-12(10-14(15)19)16(20)18-9-8-17-7-3-2-4-13(17)11-18/h5-6,10,13,19H,2-4,7-9,11H2,1H3. The molecule has 2 aliphatic heterocycles. The topological polar surface area (TPSA) is 53.0 Å². The molecule has 0 bridgehead atoms. The monoisotopic (exact) mass is 290 g/mol. The maximum Gasteiger partial charge on any atom is 0.254 e. The summed E-state index contributed by atoms with van der Waals surface area (Å²) in [6, 6.07) is 5.35. The van der Waals surface area contributed by atoms with Crippen LogP contribution in [0, 0.1) is 0 Å². The molecular formula is C16H22N2O3. The van der Waals surface area contributed by atoms with E-state index in [2.05, 4.69) is 4.90 Å². The number of hydrogen-bond acceptors (Lipinski definition) is 4. The van der Waals surface area contributed by atoms with Crippen LogP contribution < -0.4 is 4.74 Å². The Labute approximate surface area is 125 Å². The van der Waals surface area contributed by atoms with Crippen molar-refractivity contribution in [3.63, 3.8) is 0 Å². The molecule has 1 unspecified atom stereocenters. The van der Waals surface area contributed by atoms with Crippen LogP contribution >= 0.6 is 0 Å². The van der Waals surface area contributed by atoms with Crippen LogP contribution in [0.1, 0.15) is 29.6 Å². The second-order valence-corrected chi connectivity index (χ2v) is 5.82. The fourth-order valence-electron chi connectivity index (χ4n) is 3.35. The number of fused-ring (bicyclic) bond motifs is 1. The Morgan fingerprint density at radius 3 is 2.90 bits per heavy atom. The number of piperidine rings is 1. The average Bonchev–Trinajstić information content (AvgIpc) is 2.53. The molecule has 2 aliphatic rings. The molecule has 1 aromatic carbocycles. The Balaban J connectivity index is 1.71. The smallest absolute Gasteiger partial charge is 0.254 e. The number of carbonyl (C=O) groups excluding carboxylic acids is 1. The van der Waals surface area contributed by atoms with E-state index in [0.717, 1.165) is 26.2 Å². The van der Waals surface area contributed by atoms with Gasteiger partial charge in [0, 0.05) is 31.2 Å². The molecule has 0 aromatic heterocycles. The predicted octanol–water partition coefficient (Wildman–Crippen LogP) is 1.71. The summed E-state index contributed by atoms with van der Waals surface area (Å²) < 4.78 is 5.01. The van der Waals surface area contributed by atoms with Crippen LogP contribution in [0.15, 0.2) is 18.2 Å². The van der Waals surface area contributed by atoms with E-state index >= 15 is 0 Å². The van der Waals surface area contributed by atoms with Crippen LogP contribution in [0.5, 0.6) is 11.5 Å². The van der Waals surface area contributed by atoms with Gasteiger partial charge in [-0.1, -0.05) is 6.42 Å². The fourth-order valence-corrected chi connectivity index (χ4v) is 3.35. The van der Waals surface area contributed by atoms with Gasteiger partial charge >= 0.3 is 0 Å². The van der Waals surface area contributed by atoms with Gasteiger partial charge in [0.15, 0.2) is 11.5 Å². The zero-order valence-corrected chi connectivity index (χ0v) is 12.4. The number of methoxy groups -OCH3 is 1. The summed E-state index contributed by atoms with van der Waals surface area (Å²) in [4.78, 5) is 17.0. The molecule has 5 heteroatoms. The Bertz CT molecular complexity index is 532. The molecule has 1 aromatic rings. The van der Waals surface area contributed by atoms with Crippen LogP contribution in [-0.4, -0.2) is 60.1 Å². The number of phenolic OH excluding ortho intramolecular Hbond substituents is 1. The van der Waals surface area contributed by atoms with Gasteiger partial charge in [0.05, 0.1) is 7.11 Å². The Hall–Kier alpha value is -1.75. The summed E-state index contributed by atoms with van der Waals surface area (Å²) >= 11 is 0. The van der Waals surface area contributed by atoms with Crippen molar-refractivity contribution in [1.29, 1.82) is 0 Å². The molecule has 2 fully saturated rings. The number of amides is 1. The molecule has 1 atom stereocenters. The van der Waals surface area contributed by atoms with E-state index in [1.54, 1.807) is 12.1 Å². The van der Waals surface area contributed by atoms with E-state index in [1.165, 1.54) is 32.4 Å². The molecule has 3 rings (SSSR count). The van der Waals surface area contributed by atoms with Gasteiger partial charge in [-0.15, -0.1) is 0 Å². The van der Waals surface area contributed by atoms with Crippen LogP contribution in [0.2, 0.25) is 0 Å². The summed E-state index contributed by atoms with van der Waals surface area (Å²) in [6.45, 7) is 3.68. The molecule has 1 amide bonds. The molecule has 0 saturated carbocycles. The van der Waals surface area contributed by atoms with E-state index in [-0.39, 0.29) is 11.7 Å². The molecular weight excluding hydrogens is 268 g/mol. The first-order valence-electron chi connectivity index (χ1n) is 7.59. The van der Waals surface area contributed by atoms with Crippen molar-refractivity contribution in [2.45, 2.75) is 25.3 Å². The number of hydrogen-bond donors (Lipinski definition) is 1. The maximum absolute atomic E-state index is 12.6. The number of nitrogens with zero attached hydrogens (tertiary/aromatic N) is 2. The molecule has 2 saturated heterocycles. The van der Waals surface area contributed by atoms with Crippen molar-refractivity contribution in [2.75, 3.05) is 33.3 Å². The lowest BCUT2D eigenvalue weighted by Crippen LogP contribution is -2.56. The van der Waals surface area contributed by atoms with Gasteiger partial charge in [0.2, 0.25) is 0 Å². The first kappa shape index (κ1) is 14.2. The van der Waals surface area contributed by atoms with Gasteiger partial charge in [0.1, 0.15) is 0 Å². The minimum Gasteiger partial charge on any atom is -0.504 e. The molecule has 0 spiro atoms. The molecule has 5 nitrogen and oxygen atoms in total. The Morgan fingerprint density at radius 1 is 1.29 bits per heavy atom. The van der Waals surface area contributed by atoms with E-state index in [9.17, 15) is 9.90 Å². The summed E-state index contributed by atoms with van der Waals surface area (Å²) in [5.74, 6) is 0.404. The largest absolute Gasteiger partial charge is 0.504 e. The van der Waals surface area contributed by atoms with E-state index in [4.69, 9.17) is 4.74 Å².